The molecule has 0 saturated carbocycles. The van der Waals surface area contributed by atoms with Crippen molar-refractivity contribution in [3.05, 3.63) is 87.6 Å². The van der Waals surface area contributed by atoms with E-state index in [1.807, 2.05) is 35.7 Å². The van der Waals surface area contributed by atoms with Crippen molar-refractivity contribution in [1.82, 2.24) is 4.90 Å². The molecule has 2 aliphatic heterocycles. The van der Waals surface area contributed by atoms with Gasteiger partial charge in [-0.1, -0.05) is 30.3 Å². The first kappa shape index (κ1) is 19.3. The average Bonchev–Trinajstić information content (AvgIpc) is 3.48. The number of hydrogen-bond acceptors (Lipinski definition) is 4. The standard InChI is InChI=1S/C22H16F2N2O2S2/c23-16-8-7-14(12-17(16)24)13-25-18-5-2-1-4-15(18)22(21(25)28)26(9-11-30-22)20(27)19-6-3-10-29-19/h1-8,10,12H,9,11,13H2/t22-/m0/s1. The molecule has 2 aromatic carbocycles. The van der Waals surface area contributed by atoms with Crippen LogP contribution in [0, 0.1) is 11.6 Å². The number of anilines is 1. The van der Waals surface area contributed by atoms with E-state index in [9.17, 15) is 18.4 Å². The molecule has 152 valence electrons. The summed E-state index contributed by atoms with van der Waals surface area (Å²) in [5.74, 6) is -1.65. The largest absolute Gasteiger partial charge is 0.310 e. The van der Waals surface area contributed by atoms with Gasteiger partial charge in [0.25, 0.3) is 11.8 Å². The molecule has 1 atom stereocenters. The van der Waals surface area contributed by atoms with E-state index in [0.717, 1.165) is 17.7 Å². The van der Waals surface area contributed by atoms with E-state index in [1.165, 1.54) is 29.2 Å². The van der Waals surface area contributed by atoms with Crippen molar-refractivity contribution in [3.8, 4) is 0 Å². The topological polar surface area (TPSA) is 40.6 Å². The number of amides is 2. The Balaban J connectivity index is 1.57. The maximum absolute atomic E-state index is 13.8. The van der Waals surface area contributed by atoms with Crippen LogP contribution in [0.15, 0.2) is 60.0 Å². The summed E-state index contributed by atoms with van der Waals surface area (Å²) in [5.41, 5.74) is 1.92. The molecule has 2 aliphatic rings. The number of fused-ring (bicyclic) bond motifs is 2. The molecule has 0 unspecified atom stereocenters. The van der Waals surface area contributed by atoms with Gasteiger partial charge in [0.05, 0.1) is 17.1 Å². The van der Waals surface area contributed by atoms with Crippen LogP contribution in [0.5, 0.6) is 0 Å². The lowest BCUT2D eigenvalue weighted by molar-refractivity contribution is -0.123. The summed E-state index contributed by atoms with van der Waals surface area (Å²) in [4.78, 5) is 29.7. The molecule has 8 heteroatoms. The summed E-state index contributed by atoms with van der Waals surface area (Å²) in [6.45, 7) is 0.552. The van der Waals surface area contributed by atoms with Crippen LogP contribution in [0.4, 0.5) is 14.5 Å². The smallest absolute Gasteiger partial charge is 0.268 e. The summed E-state index contributed by atoms with van der Waals surface area (Å²) >= 11 is 2.79. The van der Waals surface area contributed by atoms with Crippen molar-refractivity contribution < 1.29 is 18.4 Å². The fourth-order valence-electron chi connectivity index (χ4n) is 4.08. The van der Waals surface area contributed by atoms with Gasteiger partial charge in [-0.15, -0.1) is 23.1 Å². The van der Waals surface area contributed by atoms with Crippen LogP contribution in [0.3, 0.4) is 0 Å². The molecule has 4 nitrogen and oxygen atoms in total. The zero-order valence-corrected chi connectivity index (χ0v) is 17.3. The van der Waals surface area contributed by atoms with E-state index in [-0.39, 0.29) is 18.4 Å². The monoisotopic (exact) mass is 442 g/mol. The Kier molecular flexibility index (Phi) is 4.63. The number of carbonyl (C=O) groups excluding carboxylic acids is 2. The number of hydrogen-bond donors (Lipinski definition) is 0. The van der Waals surface area contributed by atoms with Crippen molar-refractivity contribution in [2.24, 2.45) is 0 Å². The van der Waals surface area contributed by atoms with Crippen LogP contribution in [-0.4, -0.2) is 29.0 Å². The Morgan fingerprint density at radius 1 is 1.07 bits per heavy atom. The zero-order valence-electron chi connectivity index (χ0n) is 15.7. The second kappa shape index (κ2) is 7.21. The number of rotatable bonds is 3. The van der Waals surface area contributed by atoms with E-state index in [2.05, 4.69) is 0 Å². The highest BCUT2D eigenvalue weighted by molar-refractivity contribution is 8.01. The Morgan fingerprint density at radius 2 is 1.90 bits per heavy atom. The van der Waals surface area contributed by atoms with Crippen molar-refractivity contribution >= 4 is 40.6 Å². The Labute approximate surface area is 180 Å². The number of nitrogens with zero attached hydrogens (tertiary/aromatic N) is 2. The number of thiophene rings is 1. The molecule has 2 amide bonds. The van der Waals surface area contributed by atoms with E-state index >= 15 is 0 Å². The van der Waals surface area contributed by atoms with Crippen molar-refractivity contribution in [2.45, 2.75) is 11.4 Å². The molecular formula is C22H16F2N2O2S2. The van der Waals surface area contributed by atoms with Gasteiger partial charge in [0, 0.05) is 17.9 Å². The van der Waals surface area contributed by atoms with Crippen molar-refractivity contribution in [1.29, 1.82) is 0 Å². The number of thioether (sulfide) groups is 1. The van der Waals surface area contributed by atoms with Gasteiger partial charge < -0.3 is 9.80 Å². The lowest BCUT2D eigenvalue weighted by atomic mass is 10.1. The summed E-state index contributed by atoms with van der Waals surface area (Å²) < 4.78 is 27.1. The Morgan fingerprint density at radius 3 is 2.67 bits per heavy atom. The first-order valence-corrected chi connectivity index (χ1v) is 11.2. The molecule has 1 aromatic heterocycles. The van der Waals surface area contributed by atoms with Crippen LogP contribution >= 0.6 is 23.1 Å². The molecule has 1 saturated heterocycles. The minimum Gasteiger partial charge on any atom is -0.310 e. The van der Waals surface area contributed by atoms with Gasteiger partial charge in [-0.25, -0.2) is 8.78 Å². The minimum atomic E-state index is -1.14. The predicted octanol–water partition coefficient (Wildman–Crippen LogP) is 4.62. The van der Waals surface area contributed by atoms with Gasteiger partial charge in [-0.2, -0.15) is 0 Å². The van der Waals surface area contributed by atoms with E-state index in [1.54, 1.807) is 15.9 Å². The molecule has 1 spiro atoms. The van der Waals surface area contributed by atoms with Gasteiger partial charge in [0.2, 0.25) is 0 Å². The van der Waals surface area contributed by atoms with Crippen LogP contribution in [-0.2, 0) is 16.2 Å². The third-order valence-electron chi connectivity index (χ3n) is 5.40. The lowest BCUT2D eigenvalue weighted by Gasteiger charge is -2.33. The van der Waals surface area contributed by atoms with Gasteiger partial charge in [-0.3, -0.25) is 9.59 Å². The molecule has 30 heavy (non-hydrogen) atoms. The number of para-hydroxylation sites is 1. The normalized spacial score (nSPS) is 20.3. The average molecular weight is 443 g/mol. The first-order chi connectivity index (χ1) is 14.5. The molecule has 0 N–H and O–H groups in total. The second-order valence-corrected chi connectivity index (χ2v) is 9.32. The van der Waals surface area contributed by atoms with E-state index in [4.69, 9.17) is 0 Å². The molecular weight excluding hydrogens is 426 g/mol. The predicted molar refractivity (Wildman–Crippen MR) is 113 cm³/mol. The number of benzene rings is 2. The Bertz CT molecular complexity index is 1150. The lowest BCUT2D eigenvalue weighted by Crippen LogP contribution is -2.50. The summed E-state index contributed by atoms with van der Waals surface area (Å²) in [6, 6.07) is 14.6. The highest BCUT2D eigenvalue weighted by atomic mass is 32.2. The quantitative estimate of drug-likeness (QED) is 0.595. The van der Waals surface area contributed by atoms with E-state index in [0.29, 0.717) is 28.4 Å². The molecule has 0 aliphatic carbocycles. The summed E-state index contributed by atoms with van der Waals surface area (Å²) in [7, 11) is 0. The first-order valence-electron chi connectivity index (χ1n) is 9.37. The molecule has 1 fully saturated rings. The minimum absolute atomic E-state index is 0.0936. The highest BCUT2D eigenvalue weighted by Crippen LogP contribution is 2.54. The zero-order chi connectivity index (χ0) is 20.9. The molecule has 0 radical (unpaired) electrons. The second-order valence-electron chi connectivity index (χ2n) is 7.08. The van der Waals surface area contributed by atoms with Crippen LogP contribution in [0.2, 0.25) is 0 Å². The highest BCUT2D eigenvalue weighted by Gasteiger charge is 2.59. The maximum Gasteiger partial charge on any atom is 0.268 e. The van der Waals surface area contributed by atoms with Gasteiger partial charge >= 0.3 is 0 Å². The van der Waals surface area contributed by atoms with Crippen LogP contribution < -0.4 is 4.90 Å². The van der Waals surface area contributed by atoms with Crippen LogP contribution in [0.25, 0.3) is 0 Å². The van der Waals surface area contributed by atoms with Gasteiger partial charge in [0.1, 0.15) is 0 Å². The molecule has 3 heterocycles. The maximum atomic E-state index is 13.8. The van der Waals surface area contributed by atoms with Gasteiger partial charge in [0.15, 0.2) is 16.5 Å². The Hall–Kier alpha value is -2.71. The fraction of sp³-hybridized carbons (Fsp3) is 0.182. The van der Waals surface area contributed by atoms with Crippen molar-refractivity contribution in [2.75, 3.05) is 17.2 Å². The third kappa shape index (κ3) is 2.78. The molecule has 3 aromatic rings. The SMILES string of the molecule is O=C(c1cccs1)N1CCS[C@@]12C(=O)N(Cc1ccc(F)c(F)c1)c1ccccc12. The fourth-order valence-corrected chi connectivity index (χ4v) is 6.21. The molecule has 5 rings (SSSR count). The summed E-state index contributed by atoms with van der Waals surface area (Å²) in [5, 5.41) is 1.84. The van der Waals surface area contributed by atoms with E-state index < -0.39 is 16.5 Å². The number of halogens is 2. The van der Waals surface area contributed by atoms with Gasteiger partial charge in [-0.05, 0) is 35.2 Å². The van der Waals surface area contributed by atoms with Crippen molar-refractivity contribution in [3.63, 3.8) is 0 Å². The number of carbonyl (C=O) groups is 2. The third-order valence-corrected chi connectivity index (χ3v) is 7.68. The van der Waals surface area contributed by atoms with Crippen LogP contribution in [0.1, 0.15) is 20.8 Å². The molecule has 0 bridgehead atoms. The summed E-state index contributed by atoms with van der Waals surface area (Å²) in [6.07, 6.45) is 0.